The van der Waals surface area contributed by atoms with Crippen molar-refractivity contribution in [2.45, 2.75) is 52.7 Å². The molecule has 0 spiro atoms. The predicted octanol–water partition coefficient (Wildman–Crippen LogP) is 2.81. The van der Waals surface area contributed by atoms with Gasteiger partial charge in [0.1, 0.15) is 0 Å². The summed E-state index contributed by atoms with van der Waals surface area (Å²) >= 11 is 0. The van der Waals surface area contributed by atoms with Gasteiger partial charge in [0.25, 0.3) is 5.91 Å². The van der Waals surface area contributed by atoms with Gasteiger partial charge in [-0.15, -0.1) is 0 Å². The largest absolute Gasteiger partial charge is 0.495 e. The van der Waals surface area contributed by atoms with Crippen LogP contribution in [0.3, 0.4) is 0 Å². The summed E-state index contributed by atoms with van der Waals surface area (Å²) in [5, 5.41) is 2.87. The van der Waals surface area contributed by atoms with Crippen molar-refractivity contribution in [3.05, 3.63) is 35.9 Å². The van der Waals surface area contributed by atoms with Crippen LogP contribution in [0.2, 0.25) is 0 Å². The number of carbonyl (C=O) groups is 1. The van der Waals surface area contributed by atoms with Gasteiger partial charge in [-0.25, -0.2) is 0 Å². The Balaban J connectivity index is 2.31. The Morgan fingerprint density at radius 2 is 1.73 bits per heavy atom. The molecule has 0 aromatic heterocycles. The zero-order valence-electron chi connectivity index (χ0n) is 14.2. The fourth-order valence-corrected chi connectivity index (χ4v) is 2.24. The molecule has 4 nitrogen and oxygen atoms in total. The average molecular weight is 301 g/mol. The number of carbonyl (C=O) groups excluding carboxylic acids is 1. The van der Waals surface area contributed by atoms with Gasteiger partial charge in [-0.3, -0.25) is 4.79 Å². The van der Waals surface area contributed by atoms with Gasteiger partial charge >= 0.3 is 7.12 Å². The molecule has 0 atom stereocenters. The van der Waals surface area contributed by atoms with Crippen molar-refractivity contribution in [3.63, 3.8) is 0 Å². The second-order valence-electron chi connectivity index (χ2n) is 6.84. The molecule has 1 fully saturated rings. The molecule has 1 N–H and O–H groups in total. The van der Waals surface area contributed by atoms with E-state index in [9.17, 15) is 4.79 Å². The van der Waals surface area contributed by atoms with Gasteiger partial charge < -0.3 is 14.6 Å². The second-order valence-corrected chi connectivity index (χ2v) is 6.84. The lowest BCUT2D eigenvalue weighted by Gasteiger charge is -2.32. The van der Waals surface area contributed by atoms with E-state index < -0.39 is 7.12 Å². The van der Waals surface area contributed by atoms with E-state index in [0.717, 1.165) is 16.7 Å². The topological polar surface area (TPSA) is 47.6 Å². The molecule has 1 aromatic rings. The first-order valence-corrected chi connectivity index (χ1v) is 7.47. The third kappa shape index (κ3) is 2.96. The van der Waals surface area contributed by atoms with E-state index >= 15 is 0 Å². The van der Waals surface area contributed by atoms with Crippen molar-refractivity contribution in [2.24, 2.45) is 0 Å². The highest BCUT2D eigenvalue weighted by atomic mass is 16.7. The number of hydrogen-bond acceptors (Lipinski definition) is 3. The maximum Gasteiger partial charge on any atom is 0.495 e. The van der Waals surface area contributed by atoms with Gasteiger partial charge in [0.2, 0.25) is 0 Å². The maximum atomic E-state index is 11.8. The van der Waals surface area contributed by atoms with Gasteiger partial charge in [-0.1, -0.05) is 18.7 Å². The SMILES string of the molecule is C=C(C)C(=O)Nc1cccc(B2OC(C)(C)C(C)(C)O2)c1C. The molecule has 0 bridgehead atoms. The van der Waals surface area contributed by atoms with Crippen LogP contribution in [0.25, 0.3) is 0 Å². The molecule has 118 valence electrons. The highest BCUT2D eigenvalue weighted by molar-refractivity contribution is 6.62. The summed E-state index contributed by atoms with van der Waals surface area (Å²) in [4.78, 5) is 11.8. The second kappa shape index (κ2) is 5.56. The summed E-state index contributed by atoms with van der Waals surface area (Å²) in [5.41, 5.74) is 2.32. The van der Waals surface area contributed by atoms with Crippen molar-refractivity contribution in [2.75, 3.05) is 5.32 Å². The Kier molecular flexibility index (Phi) is 4.24. The number of rotatable bonds is 3. The molecule has 0 aliphatic carbocycles. The molecule has 1 aliphatic heterocycles. The molecule has 0 saturated carbocycles. The molecular weight excluding hydrogens is 277 g/mol. The lowest BCUT2D eigenvalue weighted by Crippen LogP contribution is -2.41. The van der Waals surface area contributed by atoms with Crippen LogP contribution in [0.15, 0.2) is 30.4 Å². The molecule has 1 aliphatic rings. The quantitative estimate of drug-likeness (QED) is 0.690. The molecule has 0 unspecified atom stereocenters. The van der Waals surface area contributed by atoms with Gasteiger partial charge in [-0.2, -0.15) is 0 Å². The molecule has 1 saturated heterocycles. The van der Waals surface area contributed by atoms with E-state index in [1.807, 2.05) is 52.8 Å². The summed E-state index contributed by atoms with van der Waals surface area (Å²) in [7, 11) is -0.438. The minimum Gasteiger partial charge on any atom is -0.399 e. The van der Waals surface area contributed by atoms with Crippen molar-refractivity contribution < 1.29 is 14.1 Å². The normalized spacial score (nSPS) is 19.1. The Labute approximate surface area is 133 Å². The van der Waals surface area contributed by atoms with E-state index in [0.29, 0.717) is 5.57 Å². The van der Waals surface area contributed by atoms with Crippen LogP contribution in [0.1, 0.15) is 40.2 Å². The van der Waals surface area contributed by atoms with E-state index in [2.05, 4.69) is 11.9 Å². The van der Waals surface area contributed by atoms with Crippen molar-refractivity contribution >= 4 is 24.2 Å². The fraction of sp³-hybridized carbons (Fsp3) is 0.471. The molecule has 1 heterocycles. The fourth-order valence-electron chi connectivity index (χ4n) is 2.24. The van der Waals surface area contributed by atoms with Crippen LogP contribution in [0.5, 0.6) is 0 Å². The summed E-state index contributed by atoms with van der Waals surface area (Å²) in [6.07, 6.45) is 0. The Morgan fingerprint density at radius 1 is 1.18 bits per heavy atom. The van der Waals surface area contributed by atoms with Gasteiger partial charge in [0.05, 0.1) is 11.2 Å². The summed E-state index contributed by atoms with van der Waals surface area (Å²) in [6, 6.07) is 5.72. The van der Waals surface area contributed by atoms with Crippen LogP contribution in [-0.2, 0) is 14.1 Å². The van der Waals surface area contributed by atoms with E-state index in [-0.39, 0.29) is 17.1 Å². The molecule has 1 aromatic carbocycles. The highest BCUT2D eigenvalue weighted by Gasteiger charge is 2.52. The third-order valence-electron chi connectivity index (χ3n) is 4.52. The predicted molar refractivity (Wildman–Crippen MR) is 90.3 cm³/mol. The Hall–Kier alpha value is -1.59. The summed E-state index contributed by atoms with van der Waals surface area (Å²) < 4.78 is 12.2. The van der Waals surface area contributed by atoms with Crippen LogP contribution in [-0.4, -0.2) is 24.2 Å². The molecular formula is C17H24BNO3. The maximum absolute atomic E-state index is 11.8. The summed E-state index contributed by atoms with van der Waals surface area (Å²) in [6.45, 7) is 15.4. The number of anilines is 1. The van der Waals surface area contributed by atoms with Crippen LogP contribution >= 0.6 is 0 Å². The molecule has 1 amide bonds. The Bertz CT molecular complexity index is 606. The van der Waals surface area contributed by atoms with Crippen LogP contribution < -0.4 is 10.8 Å². The molecule has 2 rings (SSSR count). The smallest absolute Gasteiger partial charge is 0.399 e. The zero-order chi connectivity index (χ0) is 16.7. The van der Waals surface area contributed by atoms with E-state index in [4.69, 9.17) is 9.31 Å². The standard InChI is InChI=1S/C17H24BNO3/c1-11(2)15(20)19-14-10-8-9-13(12(14)3)18-21-16(4,5)17(6,7)22-18/h8-10H,1H2,2-7H3,(H,19,20). The Morgan fingerprint density at radius 3 is 2.23 bits per heavy atom. The molecule has 0 radical (unpaired) electrons. The minimum absolute atomic E-state index is 0.186. The number of hydrogen-bond donors (Lipinski definition) is 1. The molecule has 22 heavy (non-hydrogen) atoms. The van der Waals surface area contributed by atoms with Crippen LogP contribution in [0, 0.1) is 6.92 Å². The third-order valence-corrected chi connectivity index (χ3v) is 4.52. The van der Waals surface area contributed by atoms with Crippen molar-refractivity contribution in [1.82, 2.24) is 0 Å². The number of amides is 1. The monoisotopic (exact) mass is 301 g/mol. The lowest BCUT2D eigenvalue weighted by molar-refractivity contribution is -0.112. The number of nitrogens with one attached hydrogen (secondary N) is 1. The van der Waals surface area contributed by atoms with E-state index in [1.54, 1.807) is 6.92 Å². The first kappa shape index (κ1) is 16.8. The van der Waals surface area contributed by atoms with Crippen molar-refractivity contribution in [3.8, 4) is 0 Å². The van der Waals surface area contributed by atoms with E-state index in [1.165, 1.54) is 0 Å². The molecule has 5 heteroatoms. The highest BCUT2D eigenvalue weighted by Crippen LogP contribution is 2.36. The lowest BCUT2D eigenvalue weighted by atomic mass is 9.76. The van der Waals surface area contributed by atoms with Gasteiger partial charge in [0, 0.05) is 11.3 Å². The first-order valence-electron chi connectivity index (χ1n) is 7.47. The van der Waals surface area contributed by atoms with Crippen LogP contribution in [0.4, 0.5) is 5.69 Å². The number of benzene rings is 1. The van der Waals surface area contributed by atoms with Gasteiger partial charge in [-0.05, 0) is 58.6 Å². The average Bonchev–Trinajstić information content (AvgIpc) is 2.60. The van der Waals surface area contributed by atoms with Gasteiger partial charge in [0.15, 0.2) is 0 Å². The van der Waals surface area contributed by atoms with Crippen molar-refractivity contribution in [1.29, 1.82) is 0 Å². The minimum atomic E-state index is -0.438. The zero-order valence-corrected chi connectivity index (χ0v) is 14.2. The first-order chi connectivity index (χ1) is 10.0. The summed E-state index contributed by atoms with van der Waals surface area (Å²) in [5.74, 6) is -0.186.